The predicted octanol–water partition coefficient (Wildman–Crippen LogP) is 3.30. The summed E-state index contributed by atoms with van der Waals surface area (Å²) in [6, 6.07) is 6.44. The third-order valence-corrected chi connectivity index (χ3v) is 11.9. The zero-order valence-corrected chi connectivity index (χ0v) is 34.3. The number of halogens is 1. The Morgan fingerprint density at radius 2 is 1.84 bits per heavy atom. The van der Waals surface area contributed by atoms with E-state index in [1.54, 1.807) is 58.0 Å². The summed E-state index contributed by atoms with van der Waals surface area (Å²) in [6.45, 7) is 6.78. The molecule has 5 amide bonds. The van der Waals surface area contributed by atoms with Gasteiger partial charge in [0.2, 0.25) is 11.8 Å². The van der Waals surface area contributed by atoms with Crippen LogP contribution in [-0.4, -0.2) is 63.2 Å². The summed E-state index contributed by atoms with van der Waals surface area (Å²) >= 11 is 0. The monoisotopic (exact) mass is 840 g/mol. The first-order valence-electron chi connectivity index (χ1n) is 20.3. The molecule has 17 nitrogen and oxygen atoms in total. The molecule has 7 rings (SSSR count). The van der Waals surface area contributed by atoms with Crippen molar-refractivity contribution >= 4 is 46.5 Å². The molecule has 18 heteroatoms. The van der Waals surface area contributed by atoms with Gasteiger partial charge < -0.3 is 51.9 Å². The number of alkyl carbamates (subject to hydrolysis) is 1. The first kappa shape index (κ1) is 42.7. The van der Waals surface area contributed by atoms with Gasteiger partial charge in [0.05, 0.1) is 41.1 Å². The first-order chi connectivity index (χ1) is 29.0. The van der Waals surface area contributed by atoms with E-state index in [1.165, 1.54) is 10.6 Å². The summed E-state index contributed by atoms with van der Waals surface area (Å²) in [4.78, 5) is 82.0. The van der Waals surface area contributed by atoms with Gasteiger partial charge in [0.1, 0.15) is 25.1 Å². The Balaban J connectivity index is 1.07. The number of primary amides is 1. The number of nitrogens with zero attached hydrogens (tertiary/aromatic N) is 2. The lowest BCUT2D eigenvalue weighted by Gasteiger charge is -2.31. The predicted molar refractivity (Wildman–Crippen MR) is 220 cm³/mol. The summed E-state index contributed by atoms with van der Waals surface area (Å²) in [6.07, 6.45) is 0.653. The average molecular weight is 841 g/mol. The van der Waals surface area contributed by atoms with Gasteiger partial charge in [0.15, 0.2) is 5.60 Å². The van der Waals surface area contributed by atoms with Crippen LogP contribution in [0.3, 0.4) is 0 Å². The van der Waals surface area contributed by atoms with Crippen molar-refractivity contribution in [3.8, 4) is 11.4 Å². The highest BCUT2D eigenvalue weighted by Gasteiger charge is 2.46. The molecule has 0 radical (unpaired) electrons. The van der Waals surface area contributed by atoms with Crippen molar-refractivity contribution in [3.63, 3.8) is 0 Å². The van der Waals surface area contributed by atoms with Crippen LogP contribution in [0.2, 0.25) is 0 Å². The standard InChI is InChI=1S/C43H49FN8O9/c1-5-43(59)27-15-32-36-25(17-52(32)39(55)26(27)19-60-40(43)56)34-29(13-12-24-21(4)28(44)16-31(49-36)33(24)34)51-42(58)61-18-22-8-10-23(11-9-22)48-37(53)30(7-6-14-47-41(46)57)50-38(54)35(45)20(2)3/h8-11,15-16,20,29-30,35,59H,5-7,12-14,17-19,45H2,1-4H3,(H,48,53)(H,50,54)(H,51,58)(H3,46,47,57)/t29-,30+,35+,43-/m0/s1. The van der Waals surface area contributed by atoms with Crippen LogP contribution < -0.4 is 38.3 Å². The van der Waals surface area contributed by atoms with E-state index in [4.69, 9.17) is 25.9 Å². The van der Waals surface area contributed by atoms with Crippen LogP contribution >= 0.6 is 0 Å². The van der Waals surface area contributed by atoms with E-state index in [1.807, 2.05) is 0 Å². The second kappa shape index (κ2) is 16.9. The molecule has 4 heterocycles. The third-order valence-electron chi connectivity index (χ3n) is 11.9. The van der Waals surface area contributed by atoms with Gasteiger partial charge in [0, 0.05) is 34.8 Å². The second-order valence-electron chi connectivity index (χ2n) is 16.1. The Bertz CT molecular complexity index is 2520. The smallest absolute Gasteiger partial charge is 0.407 e. The first-order valence-corrected chi connectivity index (χ1v) is 20.3. The Labute approximate surface area is 349 Å². The number of pyridine rings is 2. The van der Waals surface area contributed by atoms with E-state index in [2.05, 4.69) is 21.3 Å². The molecule has 0 fully saturated rings. The van der Waals surface area contributed by atoms with Crippen LogP contribution in [0, 0.1) is 18.7 Å². The number of aliphatic hydroxyl groups is 1. The van der Waals surface area contributed by atoms with Crippen molar-refractivity contribution in [1.82, 2.24) is 25.5 Å². The number of nitrogens with two attached hydrogens (primary N) is 2. The van der Waals surface area contributed by atoms with Crippen molar-refractivity contribution in [2.75, 3.05) is 11.9 Å². The number of carbonyl (C=O) groups excluding carboxylic acids is 5. The molecule has 0 saturated carbocycles. The summed E-state index contributed by atoms with van der Waals surface area (Å²) in [5.41, 5.74) is 13.7. The SMILES string of the molecule is CC[C@@]1(O)C(=O)OCc2c1cc1n(c2=O)Cc2c-1nc1cc(F)c(C)c3c1c2[C@@H](NC(=O)OCc1ccc(NC(=O)[C@@H](CCCNC(N)=O)NC(=O)[C@H](N)C(C)C)cc1)CC3. The zero-order chi connectivity index (χ0) is 43.9. The fourth-order valence-electron chi connectivity index (χ4n) is 8.30. The number of carbonyl (C=O) groups is 5. The van der Waals surface area contributed by atoms with E-state index in [-0.39, 0.29) is 56.2 Å². The molecule has 322 valence electrons. The number of esters is 1. The highest BCUT2D eigenvalue weighted by Crippen LogP contribution is 2.46. The van der Waals surface area contributed by atoms with Gasteiger partial charge in [-0.1, -0.05) is 32.9 Å². The highest BCUT2D eigenvalue weighted by atomic mass is 19.1. The number of aromatic nitrogens is 2. The molecule has 4 atom stereocenters. The summed E-state index contributed by atoms with van der Waals surface area (Å²) in [5, 5.41) is 22.9. The molecule has 2 aliphatic heterocycles. The minimum atomic E-state index is -2.02. The minimum absolute atomic E-state index is 0.0242. The van der Waals surface area contributed by atoms with E-state index in [0.717, 1.165) is 5.56 Å². The summed E-state index contributed by atoms with van der Waals surface area (Å²) in [7, 11) is 0. The van der Waals surface area contributed by atoms with Crippen molar-refractivity contribution in [1.29, 1.82) is 0 Å². The number of rotatable bonds is 13. The van der Waals surface area contributed by atoms with Crippen LogP contribution in [0.4, 0.5) is 19.7 Å². The second-order valence-corrected chi connectivity index (χ2v) is 16.1. The molecule has 0 saturated heterocycles. The summed E-state index contributed by atoms with van der Waals surface area (Å²) in [5.74, 6) is -2.42. The van der Waals surface area contributed by atoms with E-state index < -0.39 is 65.0 Å². The number of amides is 5. The van der Waals surface area contributed by atoms with Crippen LogP contribution in [0.15, 0.2) is 41.2 Å². The van der Waals surface area contributed by atoms with E-state index in [0.29, 0.717) is 69.5 Å². The van der Waals surface area contributed by atoms with Crippen LogP contribution in [-0.2, 0) is 55.6 Å². The molecule has 9 N–H and O–H groups in total. The van der Waals surface area contributed by atoms with Gasteiger partial charge in [0.25, 0.3) is 5.56 Å². The number of urea groups is 1. The molecule has 0 spiro atoms. The van der Waals surface area contributed by atoms with Gasteiger partial charge in [-0.2, -0.15) is 0 Å². The number of cyclic esters (lactones) is 1. The molecular weight excluding hydrogens is 792 g/mol. The van der Waals surface area contributed by atoms with E-state index >= 15 is 4.39 Å². The van der Waals surface area contributed by atoms with Crippen molar-refractivity contribution in [2.24, 2.45) is 17.4 Å². The van der Waals surface area contributed by atoms with Crippen molar-refractivity contribution in [3.05, 3.63) is 91.5 Å². The summed E-state index contributed by atoms with van der Waals surface area (Å²) < 4.78 is 27.7. The van der Waals surface area contributed by atoms with E-state index in [9.17, 15) is 33.9 Å². The molecule has 1 aliphatic carbocycles. The lowest BCUT2D eigenvalue weighted by molar-refractivity contribution is -0.172. The molecule has 2 aromatic heterocycles. The molecular formula is C43H49FN8O9. The zero-order valence-electron chi connectivity index (χ0n) is 34.3. The highest BCUT2D eigenvalue weighted by molar-refractivity contribution is 5.98. The Morgan fingerprint density at radius 1 is 1.10 bits per heavy atom. The quantitative estimate of drug-likeness (QED) is 0.0669. The maximum Gasteiger partial charge on any atom is 0.407 e. The van der Waals surface area contributed by atoms with Gasteiger partial charge in [-0.25, -0.2) is 23.8 Å². The number of hydrogen-bond acceptors (Lipinski definition) is 11. The van der Waals surface area contributed by atoms with Gasteiger partial charge >= 0.3 is 18.1 Å². The minimum Gasteiger partial charge on any atom is -0.458 e. The fourth-order valence-corrected chi connectivity index (χ4v) is 8.30. The van der Waals surface area contributed by atoms with Crippen molar-refractivity contribution in [2.45, 2.75) is 103 Å². The van der Waals surface area contributed by atoms with Gasteiger partial charge in [-0.3, -0.25) is 14.4 Å². The maximum atomic E-state index is 15.3. The largest absolute Gasteiger partial charge is 0.458 e. The van der Waals surface area contributed by atoms with Crippen LogP contribution in [0.1, 0.15) is 91.4 Å². The molecule has 3 aliphatic rings. The van der Waals surface area contributed by atoms with Gasteiger partial charge in [-0.15, -0.1) is 0 Å². The number of aryl methyl sites for hydroxylation is 1. The third kappa shape index (κ3) is 8.12. The number of nitrogens with one attached hydrogen (secondary N) is 4. The number of fused-ring (bicyclic) bond motifs is 5. The Kier molecular flexibility index (Phi) is 11.9. The van der Waals surface area contributed by atoms with Crippen LogP contribution in [0.25, 0.3) is 22.3 Å². The normalized spacial score (nSPS) is 18.3. The molecule has 0 unspecified atom stereocenters. The number of benzene rings is 2. The lowest BCUT2D eigenvalue weighted by atomic mass is 9.81. The molecule has 4 aromatic rings. The van der Waals surface area contributed by atoms with Crippen LogP contribution in [0.5, 0.6) is 0 Å². The molecule has 61 heavy (non-hydrogen) atoms. The number of hydrogen-bond donors (Lipinski definition) is 7. The fraction of sp³-hybridized carbons (Fsp3) is 0.419. The topological polar surface area (TPSA) is 259 Å². The number of anilines is 1. The lowest BCUT2D eigenvalue weighted by Crippen LogP contribution is -2.51. The van der Waals surface area contributed by atoms with Crippen molar-refractivity contribution < 1.29 is 42.9 Å². The number of ether oxygens (including phenoxy) is 2. The Hall–Kier alpha value is -6.40. The Morgan fingerprint density at radius 3 is 2.52 bits per heavy atom. The molecule has 2 aromatic carbocycles. The maximum absolute atomic E-state index is 15.3. The molecule has 0 bridgehead atoms. The average Bonchev–Trinajstić information content (AvgIpc) is 3.60. The van der Waals surface area contributed by atoms with Gasteiger partial charge in [-0.05, 0) is 85.4 Å².